The van der Waals surface area contributed by atoms with Gasteiger partial charge < -0.3 is 10.3 Å². The second kappa shape index (κ2) is 9.26. The zero-order chi connectivity index (χ0) is 28.2. The van der Waals surface area contributed by atoms with Crippen LogP contribution in [0, 0.1) is 5.82 Å². The lowest BCUT2D eigenvalue weighted by molar-refractivity contribution is -0.141. The number of carbonyl (C=O) groups is 1. The molecule has 6 rings (SSSR count). The quantitative estimate of drug-likeness (QED) is 0.198. The van der Waals surface area contributed by atoms with Crippen molar-refractivity contribution in [2.75, 3.05) is 19.0 Å². The zero-order valence-corrected chi connectivity index (χ0v) is 21.2. The van der Waals surface area contributed by atoms with Gasteiger partial charge in [-0.15, -0.1) is 0 Å². The standard InChI is InChI=1S/C26H22F4N8O2/c1-3-31-17-9-14(27)8-15-19-21(38-7-4-18(36-38)26(28,29)30)16(12-32-22(19)35-20(15)17)13-10-33-23(34-11-13)25(5-6-25)24(39)37-40-2/h4,7-12,31H,3,5-6H2,1-2H3,(H,32,35)(H,37,39). The number of nitrogens with one attached hydrogen (secondary N) is 3. The second-order valence-corrected chi connectivity index (χ2v) is 9.43. The largest absolute Gasteiger partial charge is 0.435 e. The van der Waals surface area contributed by atoms with E-state index in [9.17, 15) is 22.4 Å². The number of benzene rings is 1. The van der Waals surface area contributed by atoms with Gasteiger partial charge in [-0.2, -0.15) is 18.3 Å². The Balaban J connectivity index is 1.57. The van der Waals surface area contributed by atoms with E-state index in [2.05, 4.69) is 35.8 Å². The van der Waals surface area contributed by atoms with E-state index in [0.29, 0.717) is 64.0 Å². The molecule has 1 aliphatic rings. The third kappa shape index (κ3) is 4.11. The highest BCUT2D eigenvalue weighted by molar-refractivity contribution is 6.15. The van der Waals surface area contributed by atoms with Gasteiger partial charge in [0.25, 0.3) is 5.91 Å². The molecule has 14 heteroatoms. The summed E-state index contributed by atoms with van der Waals surface area (Å²) in [6, 6.07) is 3.49. The van der Waals surface area contributed by atoms with Gasteiger partial charge in [-0.3, -0.25) is 9.63 Å². The maximum absolute atomic E-state index is 14.7. The van der Waals surface area contributed by atoms with Gasteiger partial charge in [0, 0.05) is 47.8 Å². The summed E-state index contributed by atoms with van der Waals surface area (Å²) in [4.78, 5) is 33.7. The number of fused-ring (bicyclic) bond motifs is 3. The van der Waals surface area contributed by atoms with Gasteiger partial charge in [0.1, 0.15) is 22.7 Å². The normalized spacial score (nSPS) is 14.6. The fourth-order valence-corrected chi connectivity index (χ4v) is 4.87. The number of alkyl halides is 3. The Labute approximate surface area is 223 Å². The van der Waals surface area contributed by atoms with Crippen molar-refractivity contribution < 1.29 is 27.2 Å². The first-order valence-electron chi connectivity index (χ1n) is 12.3. The maximum atomic E-state index is 14.7. The summed E-state index contributed by atoms with van der Waals surface area (Å²) in [5.41, 5.74) is 2.68. The highest BCUT2D eigenvalue weighted by Gasteiger charge is 2.54. The topological polar surface area (TPSA) is 123 Å². The molecule has 5 aromatic rings. The number of nitrogens with zero attached hydrogens (tertiary/aromatic N) is 5. The van der Waals surface area contributed by atoms with Crippen LogP contribution in [0.4, 0.5) is 23.2 Å². The van der Waals surface area contributed by atoms with Gasteiger partial charge in [0.15, 0.2) is 5.69 Å². The van der Waals surface area contributed by atoms with Crippen LogP contribution in [0.15, 0.2) is 43.0 Å². The number of amides is 1. The summed E-state index contributed by atoms with van der Waals surface area (Å²) in [6.45, 7) is 2.37. The molecule has 0 unspecified atom stereocenters. The molecule has 1 aromatic carbocycles. The van der Waals surface area contributed by atoms with Crippen LogP contribution in [-0.2, 0) is 21.2 Å². The average molecular weight is 555 g/mol. The van der Waals surface area contributed by atoms with Crippen LogP contribution < -0.4 is 10.8 Å². The van der Waals surface area contributed by atoms with Crippen molar-refractivity contribution in [2.24, 2.45) is 0 Å². The van der Waals surface area contributed by atoms with Gasteiger partial charge in [-0.25, -0.2) is 29.5 Å². The molecule has 0 aliphatic heterocycles. The van der Waals surface area contributed by atoms with Crippen LogP contribution in [0.3, 0.4) is 0 Å². The van der Waals surface area contributed by atoms with E-state index in [1.54, 1.807) is 0 Å². The Bertz CT molecular complexity index is 1760. The van der Waals surface area contributed by atoms with Crippen LogP contribution in [0.25, 0.3) is 38.8 Å². The molecule has 1 amide bonds. The molecular weight excluding hydrogens is 532 g/mol. The summed E-state index contributed by atoms with van der Waals surface area (Å²) in [7, 11) is 1.33. The number of hydrogen-bond donors (Lipinski definition) is 3. The van der Waals surface area contributed by atoms with E-state index in [0.717, 1.165) is 10.7 Å². The summed E-state index contributed by atoms with van der Waals surface area (Å²) in [6.07, 6.45) is 2.02. The minimum Gasteiger partial charge on any atom is -0.384 e. The molecule has 206 valence electrons. The Morgan fingerprint density at radius 2 is 1.93 bits per heavy atom. The highest BCUT2D eigenvalue weighted by Crippen LogP contribution is 2.47. The van der Waals surface area contributed by atoms with E-state index in [-0.39, 0.29) is 11.6 Å². The lowest BCUT2D eigenvalue weighted by Gasteiger charge is -2.14. The number of halogens is 4. The Morgan fingerprint density at radius 3 is 2.55 bits per heavy atom. The molecule has 0 atom stereocenters. The van der Waals surface area contributed by atoms with Crippen molar-refractivity contribution in [3.63, 3.8) is 0 Å². The zero-order valence-electron chi connectivity index (χ0n) is 21.2. The van der Waals surface area contributed by atoms with E-state index < -0.39 is 23.1 Å². The monoisotopic (exact) mass is 554 g/mol. The van der Waals surface area contributed by atoms with E-state index in [4.69, 9.17) is 4.84 Å². The molecular formula is C26H22F4N8O2. The molecule has 1 saturated carbocycles. The number of hydrogen-bond acceptors (Lipinski definition) is 7. The minimum absolute atomic E-state index is 0.231. The number of aromatic amines is 1. The summed E-state index contributed by atoms with van der Waals surface area (Å²) >= 11 is 0. The smallest absolute Gasteiger partial charge is 0.384 e. The lowest BCUT2D eigenvalue weighted by Crippen LogP contribution is -2.35. The van der Waals surface area contributed by atoms with E-state index in [1.165, 1.54) is 44.0 Å². The summed E-state index contributed by atoms with van der Waals surface area (Å²) < 4.78 is 56.3. The van der Waals surface area contributed by atoms with Gasteiger partial charge >= 0.3 is 6.18 Å². The molecule has 0 spiro atoms. The molecule has 0 radical (unpaired) electrons. The molecule has 0 bridgehead atoms. The van der Waals surface area contributed by atoms with Crippen molar-refractivity contribution in [3.05, 3.63) is 60.3 Å². The first kappa shape index (κ1) is 25.7. The summed E-state index contributed by atoms with van der Waals surface area (Å²) in [5, 5.41) is 7.67. The SMILES string of the molecule is CCNc1cc(F)cc2c1[nH]c1ncc(-c3cnc(C4(C(=O)NOC)CC4)nc3)c(-n3ccc(C(F)(F)F)n3)c12. The predicted octanol–water partition coefficient (Wildman–Crippen LogP) is 4.66. The number of aromatic nitrogens is 6. The van der Waals surface area contributed by atoms with Gasteiger partial charge in [-0.05, 0) is 38.0 Å². The van der Waals surface area contributed by atoms with Crippen molar-refractivity contribution in [1.82, 2.24) is 35.2 Å². The third-order valence-electron chi connectivity index (χ3n) is 6.91. The van der Waals surface area contributed by atoms with Crippen molar-refractivity contribution >= 4 is 33.5 Å². The number of carbonyl (C=O) groups excluding carboxylic acids is 1. The van der Waals surface area contributed by atoms with Crippen molar-refractivity contribution in [3.8, 4) is 16.8 Å². The third-order valence-corrected chi connectivity index (χ3v) is 6.91. The van der Waals surface area contributed by atoms with Crippen LogP contribution in [0.1, 0.15) is 31.3 Å². The Morgan fingerprint density at radius 1 is 1.18 bits per heavy atom. The fraction of sp³-hybridized carbons (Fsp3) is 0.269. The number of rotatable bonds is 7. The molecule has 10 nitrogen and oxygen atoms in total. The molecule has 3 N–H and O–H groups in total. The van der Waals surface area contributed by atoms with Crippen LogP contribution in [-0.4, -0.2) is 49.3 Å². The van der Waals surface area contributed by atoms with Crippen LogP contribution >= 0.6 is 0 Å². The van der Waals surface area contributed by atoms with Gasteiger partial charge in [0.2, 0.25) is 0 Å². The van der Waals surface area contributed by atoms with Crippen molar-refractivity contribution in [2.45, 2.75) is 31.4 Å². The molecule has 4 aromatic heterocycles. The second-order valence-electron chi connectivity index (χ2n) is 9.43. The number of hydroxylamine groups is 1. The number of pyridine rings is 1. The Hall–Kier alpha value is -4.59. The van der Waals surface area contributed by atoms with E-state index >= 15 is 0 Å². The first-order chi connectivity index (χ1) is 19.2. The fourth-order valence-electron chi connectivity index (χ4n) is 4.87. The first-order valence-corrected chi connectivity index (χ1v) is 12.3. The molecule has 40 heavy (non-hydrogen) atoms. The maximum Gasteiger partial charge on any atom is 0.435 e. The molecule has 1 fully saturated rings. The summed E-state index contributed by atoms with van der Waals surface area (Å²) in [5.74, 6) is -0.599. The number of H-pyrrole nitrogens is 1. The molecule has 1 aliphatic carbocycles. The van der Waals surface area contributed by atoms with Crippen molar-refractivity contribution in [1.29, 1.82) is 0 Å². The number of anilines is 1. The van der Waals surface area contributed by atoms with Crippen LogP contribution in [0.2, 0.25) is 0 Å². The minimum atomic E-state index is -4.67. The van der Waals surface area contributed by atoms with Gasteiger partial charge in [-0.1, -0.05) is 0 Å². The Kier molecular flexibility index (Phi) is 5.94. The lowest BCUT2D eigenvalue weighted by atomic mass is 10.0. The van der Waals surface area contributed by atoms with Crippen LogP contribution in [0.5, 0.6) is 0 Å². The predicted molar refractivity (Wildman–Crippen MR) is 137 cm³/mol. The molecule has 0 saturated heterocycles. The van der Waals surface area contributed by atoms with E-state index in [1.807, 2.05) is 6.92 Å². The van der Waals surface area contributed by atoms with Gasteiger partial charge in [0.05, 0.1) is 29.4 Å². The molecule has 4 heterocycles. The highest BCUT2D eigenvalue weighted by atomic mass is 19.4. The average Bonchev–Trinajstić information content (AvgIpc) is 3.42.